The van der Waals surface area contributed by atoms with Crippen LogP contribution in [0.15, 0.2) is 24.3 Å². The number of nitrogens with one attached hydrogen (secondary N) is 1. The van der Waals surface area contributed by atoms with Crippen LogP contribution in [-0.2, 0) is 0 Å². The molecule has 2 heteroatoms. The van der Waals surface area contributed by atoms with E-state index in [4.69, 9.17) is 5.73 Å². The van der Waals surface area contributed by atoms with Crippen LogP contribution in [0.4, 0.5) is 10.1 Å². The van der Waals surface area contributed by atoms with Crippen LogP contribution >= 0.6 is 0 Å². The number of rotatable bonds is 0. The van der Waals surface area contributed by atoms with E-state index in [0.717, 1.165) is 0 Å². The number of benzene rings is 1. The summed E-state index contributed by atoms with van der Waals surface area (Å²) in [6.07, 6.45) is 0. The molecular weight excluding hydrogens is 105 g/mol. The zero-order valence-corrected chi connectivity index (χ0v) is 4.19. The van der Waals surface area contributed by atoms with E-state index in [2.05, 4.69) is 0 Å². The first-order valence-electron chi connectivity index (χ1n) is 2.26. The molecule has 1 radical (unpaired) electrons. The molecule has 1 nitrogen and oxygen atoms in total. The smallest absolute Gasteiger partial charge is 0.125 e. The van der Waals surface area contributed by atoms with Gasteiger partial charge in [-0.3, -0.25) is 0 Å². The van der Waals surface area contributed by atoms with E-state index < -0.39 is 0 Å². The normalized spacial score (nSPS) is 9.12. The lowest BCUT2D eigenvalue weighted by atomic mass is 10.3. The lowest BCUT2D eigenvalue weighted by molar-refractivity contribution is 0.628. The molecular formula is C6H5FN. The highest BCUT2D eigenvalue weighted by atomic mass is 19.1. The quantitative estimate of drug-likeness (QED) is 0.485. The highest BCUT2D eigenvalue weighted by Gasteiger charge is 1.86. The molecule has 0 atom stereocenters. The van der Waals surface area contributed by atoms with E-state index in [0.29, 0.717) is 0 Å². The number of hydrogen-bond donors (Lipinski definition) is 0. The average molecular weight is 110 g/mol. The Bertz CT molecular complexity index is 168. The highest BCUT2D eigenvalue weighted by Crippen LogP contribution is 2.04. The summed E-state index contributed by atoms with van der Waals surface area (Å²) in [6.45, 7) is 0. The Morgan fingerprint density at radius 2 is 2.12 bits per heavy atom. The van der Waals surface area contributed by atoms with Crippen molar-refractivity contribution >= 4 is 5.69 Å². The van der Waals surface area contributed by atoms with Crippen LogP contribution in [0.3, 0.4) is 0 Å². The maximum atomic E-state index is 12.0. The minimum absolute atomic E-state index is 0.213. The molecule has 0 aliphatic carbocycles. The summed E-state index contributed by atoms with van der Waals surface area (Å²) in [7, 11) is 0. The van der Waals surface area contributed by atoms with Crippen LogP contribution in [0.2, 0.25) is 0 Å². The molecule has 0 aromatic heterocycles. The maximum absolute atomic E-state index is 12.0. The Morgan fingerprint density at radius 1 is 1.38 bits per heavy atom. The molecule has 0 bridgehead atoms. The van der Waals surface area contributed by atoms with Gasteiger partial charge in [0.2, 0.25) is 0 Å². The van der Waals surface area contributed by atoms with Gasteiger partial charge in [0, 0.05) is 0 Å². The minimum Gasteiger partial charge on any atom is -0.301 e. The Labute approximate surface area is 46.9 Å². The zero-order valence-electron chi connectivity index (χ0n) is 4.19. The Kier molecular flexibility index (Phi) is 1.16. The summed E-state index contributed by atoms with van der Waals surface area (Å²) in [5.74, 6) is -0.350. The van der Waals surface area contributed by atoms with Gasteiger partial charge in [0.1, 0.15) is 5.82 Å². The molecule has 0 unspecified atom stereocenters. The van der Waals surface area contributed by atoms with Crippen LogP contribution in [0.5, 0.6) is 0 Å². The van der Waals surface area contributed by atoms with Crippen molar-refractivity contribution in [2.45, 2.75) is 0 Å². The van der Waals surface area contributed by atoms with Crippen molar-refractivity contribution in [1.29, 1.82) is 0 Å². The molecule has 0 spiro atoms. The molecule has 1 rings (SSSR count). The molecule has 0 amide bonds. The van der Waals surface area contributed by atoms with Gasteiger partial charge in [-0.25, -0.2) is 4.39 Å². The molecule has 1 aromatic rings. The predicted molar refractivity (Wildman–Crippen MR) is 29.2 cm³/mol. The van der Waals surface area contributed by atoms with E-state index in [1.54, 1.807) is 0 Å². The Morgan fingerprint density at radius 3 is 2.50 bits per heavy atom. The molecule has 1 N–H and O–H groups in total. The summed E-state index contributed by atoms with van der Waals surface area (Å²) in [5, 5.41) is 0. The Hall–Kier alpha value is -1.05. The second-order valence-corrected chi connectivity index (χ2v) is 1.51. The summed E-state index contributed by atoms with van der Waals surface area (Å²) in [4.78, 5) is 0. The van der Waals surface area contributed by atoms with Gasteiger partial charge in [0.15, 0.2) is 0 Å². The maximum Gasteiger partial charge on any atom is 0.125 e. The summed E-state index contributed by atoms with van der Waals surface area (Å²) >= 11 is 0. The average Bonchev–Trinajstić information content (AvgIpc) is 1.64. The summed E-state index contributed by atoms with van der Waals surface area (Å²) in [6, 6.07) is 5.53. The largest absolute Gasteiger partial charge is 0.301 e. The molecule has 0 heterocycles. The first-order chi connectivity index (χ1) is 3.79. The topological polar surface area (TPSA) is 23.8 Å². The fourth-order valence-corrected chi connectivity index (χ4v) is 0.488. The van der Waals surface area contributed by atoms with Gasteiger partial charge in [-0.1, -0.05) is 6.07 Å². The molecule has 41 valence electrons. The van der Waals surface area contributed by atoms with Gasteiger partial charge in [0.05, 0.1) is 5.69 Å². The van der Waals surface area contributed by atoms with E-state index >= 15 is 0 Å². The standard InChI is InChI=1S/C6H5FN/c7-5-2-1-3-6(8)4-5/h1-4,8H. The van der Waals surface area contributed by atoms with E-state index in [-0.39, 0.29) is 11.5 Å². The fourth-order valence-electron chi connectivity index (χ4n) is 0.488. The van der Waals surface area contributed by atoms with Crippen molar-refractivity contribution < 1.29 is 4.39 Å². The summed E-state index contributed by atoms with van der Waals surface area (Å²) < 4.78 is 12.0. The van der Waals surface area contributed by atoms with Crippen molar-refractivity contribution in [3.05, 3.63) is 30.1 Å². The van der Waals surface area contributed by atoms with Gasteiger partial charge >= 0.3 is 0 Å². The van der Waals surface area contributed by atoms with E-state index in [1.165, 1.54) is 24.3 Å². The molecule has 0 saturated carbocycles. The lowest BCUT2D eigenvalue weighted by Gasteiger charge is -1.86. The van der Waals surface area contributed by atoms with Crippen molar-refractivity contribution in [2.75, 3.05) is 0 Å². The van der Waals surface area contributed by atoms with Crippen LogP contribution in [0.25, 0.3) is 0 Å². The number of hydrogen-bond acceptors (Lipinski definition) is 0. The molecule has 0 aliphatic rings. The highest BCUT2D eigenvalue weighted by molar-refractivity contribution is 5.32. The van der Waals surface area contributed by atoms with Gasteiger partial charge < -0.3 is 5.73 Å². The second-order valence-electron chi connectivity index (χ2n) is 1.51. The van der Waals surface area contributed by atoms with Crippen LogP contribution in [0.1, 0.15) is 0 Å². The van der Waals surface area contributed by atoms with Crippen molar-refractivity contribution in [3.8, 4) is 0 Å². The van der Waals surface area contributed by atoms with E-state index in [1.807, 2.05) is 0 Å². The molecule has 0 fully saturated rings. The molecule has 0 aliphatic heterocycles. The van der Waals surface area contributed by atoms with Crippen LogP contribution < -0.4 is 5.73 Å². The minimum atomic E-state index is -0.350. The first-order valence-corrected chi connectivity index (χ1v) is 2.26. The Balaban J connectivity index is 3.08. The third-order valence-corrected chi connectivity index (χ3v) is 0.825. The van der Waals surface area contributed by atoms with Gasteiger partial charge in [-0.2, -0.15) is 0 Å². The zero-order chi connectivity index (χ0) is 5.98. The summed E-state index contributed by atoms with van der Waals surface area (Å²) in [5.41, 5.74) is 7.11. The molecule has 0 saturated heterocycles. The van der Waals surface area contributed by atoms with Crippen molar-refractivity contribution in [2.24, 2.45) is 0 Å². The van der Waals surface area contributed by atoms with Gasteiger partial charge in [-0.15, -0.1) is 0 Å². The van der Waals surface area contributed by atoms with Crippen molar-refractivity contribution in [1.82, 2.24) is 5.73 Å². The predicted octanol–water partition coefficient (Wildman–Crippen LogP) is 1.74. The lowest BCUT2D eigenvalue weighted by Crippen LogP contribution is -1.71. The van der Waals surface area contributed by atoms with E-state index in [9.17, 15) is 4.39 Å². The monoisotopic (exact) mass is 110 g/mol. The third kappa shape index (κ3) is 0.964. The second kappa shape index (κ2) is 1.82. The number of halogens is 1. The van der Waals surface area contributed by atoms with Crippen LogP contribution in [-0.4, -0.2) is 0 Å². The van der Waals surface area contributed by atoms with Crippen LogP contribution in [0, 0.1) is 5.82 Å². The van der Waals surface area contributed by atoms with Gasteiger partial charge in [-0.05, 0) is 18.2 Å². The SMILES string of the molecule is [NH]c1cccc(F)c1. The first kappa shape index (κ1) is 5.09. The fraction of sp³-hybridized carbons (Fsp3) is 0. The van der Waals surface area contributed by atoms with Gasteiger partial charge in [0.25, 0.3) is 0 Å². The third-order valence-electron chi connectivity index (χ3n) is 0.825. The molecule has 8 heavy (non-hydrogen) atoms. The van der Waals surface area contributed by atoms with Crippen molar-refractivity contribution in [3.63, 3.8) is 0 Å². The molecule has 1 aromatic carbocycles.